The number of rotatable bonds is 4. The van der Waals surface area contributed by atoms with Crippen LogP contribution in [0.25, 0.3) is 0 Å². The fourth-order valence-electron chi connectivity index (χ4n) is 1.29. The molecule has 1 aromatic heterocycles. The first-order valence-corrected chi connectivity index (χ1v) is 6.15. The molecule has 1 heterocycles. The maximum atomic E-state index is 8.93. The van der Waals surface area contributed by atoms with E-state index in [9.17, 15) is 0 Å². The highest BCUT2D eigenvalue weighted by molar-refractivity contribution is 7.98. The number of aliphatic hydroxyl groups excluding tert-OH is 1. The summed E-state index contributed by atoms with van der Waals surface area (Å²) in [6.45, 7) is 0.0778. The lowest BCUT2D eigenvalue weighted by atomic mass is 10.2. The Hall–Kier alpha value is -1.59. The van der Waals surface area contributed by atoms with E-state index in [2.05, 4.69) is 9.97 Å². The normalized spacial score (nSPS) is 10.4. The van der Waals surface area contributed by atoms with Gasteiger partial charge in [-0.05, 0) is 17.7 Å². The SMILES string of the molecule is Nc1cnc(CSc2ccc(CO)cc2)cn1. The van der Waals surface area contributed by atoms with E-state index in [1.54, 1.807) is 24.2 Å². The summed E-state index contributed by atoms with van der Waals surface area (Å²) in [4.78, 5) is 9.31. The van der Waals surface area contributed by atoms with Crippen LogP contribution in [-0.4, -0.2) is 15.1 Å². The molecule has 0 aliphatic heterocycles. The molecular weight excluding hydrogens is 234 g/mol. The van der Waals surface area contributed by atoms with Crippen molar-refractivity contribution in [1.29, 1.82) is 0 Å². The lowest BCUT2D eigenvalue weighted by Crippen LogP contribution is -1.94. The molecule has 0 atom stereocenters. The molecular formula is C12H13N3OS. The van der Waals surface area contributed by atoms with Crippen LogP contribution < -0.4 is 5.73 Å². The van der Waals surface area contributed by atoms with Gasteiger partial charge in [0.2, 0.25) is 0 Å². The Bertz CT molecular complexity index is 470. The summed E-state index contributed by atoms with van der Waals surface area (Å²) in [5.41, 5.74) is 7.28. The van der Waals surface area contributed by atoms with Gasteiger partial charge in [-0.2, -0.15) is 0 Å². The molecule has 0 spiro atoms. The maximum Gasteiger partial charge on any atom is 0.141 e. The van der Waals surface area contributed by atoms with E-state index >= 15 is 0 Å². The first kappa shape index (κ1) is 11.9. The van der Waals surface area contributed by atoms with Crippen molar-refractivity contribution in [1.82, 2.24) is 9.97 Å². The highest BCUT2D eigenvalue weighted by Gasteiger charge is 1.98. The average Bonchev–Trinajstić information content (AvgIpc) is 2.39. The van der Waals surface area contributed by atoms with Gasteiger partial charge in [-0.1, -0.05) is 12.1 Å². The van der Waals surface area contributed by atoms with Crippen LogP contribution in [-0.2, 0) is 12.4 Å². The van der Waals surface area contributed by atoms with Gasteiger partial charge >= 0.3 is 0 Å². The van der Waals surface area contributed by atoms with Crippen LogP contribution in [0.1, 0.15) is 11.3 Å². The zero-order chi connectivity index (χ0) is 12.1. The van der Waals surface area contributed by atoms with Gasteiger partial charge in [0, 0.05) is 10.6 Å². The van der Waals surface area contributed by atoms with Crippen LogP contribution in [0.3, 0.4) is 0 Å². The van der Waals surface area contributed by atoms with Crippen LogP contribution in [0.5, 0.6) is 0 Å². The van der Waals surface area contributed by atoms with E-state index in [0.717, 1.165) is 21.9 Å². The van der Waals surface area contributed by atoms with Crippen LogP contribution in [0.15, 0.2) is 41.6 Å². The zero-order valence-corrected chi connectivity index (χ0v) is 10.0. The van der Waals surface area contributed by atoms with E-state index < -0.39 is 0 Å². The highest BCUT2D eigenvalue weighted by atomic mass is 32.2. The Morgan fingerprint density at radius 3 is 2.47 bits per heavy atom. The molecule has 5 heteroatoms. The van der Waals surface area contributed by atoms with Gasteiger partial charge in [0.25, 0.3) is 0 Å². The number of hydrogen-bond acceptors (Lipinski definition) is 5. The van der Waals surface area contributed by atoms with E-state index in [-0.39, 0.29) is 6.61 Å². The van der Waals surface area contributed by atoms with Crippen molar-refractivity contribution in [2.24, 2.45) is 0 Å². The second-order valence-electron chi connectivity index (χ2n) is 3.52. The number of hydrogen-bond donors (Lipinski definition) is 2. The molecule has 0 bridgehead atoms. The van der Waals surface area contributed by atoms with E-state index in [0.29, 0.717) is 5.82 Å². The number of nitrogens with two attached hydrogens (primary N) is 1. The molecule has 2 aromatic rings. The molecule has 0 unspecified atom stereocenters. The summed E-state index contributed by atoms with van der Waals surface area (Å²) < 4.78 is 0. The van der Waals surface area contributed by atoms with Gasteiger partial charge in [-0.15, -0.1) is 11.8 Å². The van der Waals surface area contributed by atoms with E-state index in [1.165, 1.54) is 0 Å². The lowest BCUT2D eigenvalue weighted by Gasteiger charge is -2.02. The first-order valence-electron chi connectivity index (χ1n) is 5.17. The fourth-order valence-corrected chi connectivity index (χ4v) is 2.08. The number of nitrogen functional groups attached to an aromatic ring is 1. The lowest BCUT2D eigenvalue weighted by molar-refractivity contribution is 0.282. The van der Waals surface area contributed by atoms with Crippen molar-refractivity contribution >= 4 is 17.6 Å². The number of aromatic nitrogens is 2. The summed E-state index contributed by atoms with van der Waals surface area (Å²) in [5.74, 6) is 1.19. The fraction of sp³-hybridized carbons (Fsp3) is 0.167. The van der Waals surface area contributed by atoms with Crippen molar-refractivity contribution < 1.29 is 5.11 Å². The molecule has 0 saturated carbocycles. The quantitative estimate of drug-likeness (QED) is 0.807. The third-order valence-electron chi connectivity index (χ3n) is 2.22. The summed E-state index contributed by atoms with van der Waals surface area (Å²) in [5, 5.41) is 8.93. The molecule has 0 fully saturated rings. The van der Waals surface area contributed by atoms with Gasteiger partial charge in [-0.25, -0.2) is 4.98 Å². The van der Waals surface area contributed by atoms with Crippen LogP contribution in [0.4, 0.5) is 5.82 Å². The van der Waals surface area contributed by atoms with Crippen molar-refractivity contribution in [3.63, 3.8) is 0 Å². The third kappa shape index (κ3) is 3.44. The first-order chi connectivity index (χ1) is 8.28. The molecule has 17 heavy (non-hydrogen) atoms. The molecule has 0 aliphatic carbocycles. The Kier molecular flexibility index (Phi) is 3.95. The number of thioether (sulfide) groups is 1. The monoisotopic (exact) mass is 247 g/mol. The van der Waals surface area contributed by atoms with E-state index in [1.807, 2.05) is 24.3 Å². The predicted molar refractivity (Wildman–Crippen MR) is 68.4 cm³/mol. The molecule has 0 amide bonds. The van der Waals surface area contributed by atoms with Crippen LogP contribution in [0.2, 0.25) is 0 Å². The van der Waals surface area contributed by atoms with Gasteiger partial charge < -0.3 is 10.8 Å². The Balaban J connectivity index is 1.95. The molecule has 88 valence electrons. The minimum Gasteiger partial charge on any atom is -0.392 e. The minimum absolute atomic E-state index is 0.0778. The largest absolute Gasteiger partial charge is 0.392 e. The summed E-state index contributed by atoms with van der Waals surface area (Å²) in [6.07, 6.45) is 3.25. The Labute approximate surface area is 104 Å². The molecule has 0 saturated heterocycles. The molecule has 3 N–H and O–H groups in total. The second kappa shape index (κ2) is 5.65. The minimum atomic E-state index is 0.0778. The number of nitrogens with zero attached hydrogens (tertiary/aromatic N) is 2. The van der Waals surface area contributed by atoms with Crippen molar-refractivity contribution in [3.8, 4) is 0 Å². The standard InChI is InChI=1S/C12H13N3OS/c13-12-6-14-10(5-15-12)8-17-11-3-1-9(7-16)2-4-11/h1-6,16H,7-8H2,(H2,13,15). The average molecular weight is 247 g/mol. The number of aliphatic hydroxyl groups is 1. The van der Waals surface area contributed by atoms with Gasteiger partial charge in [-0.3, -0.25) is 4.98 Å². The molecule has 2 rings (SSSR count). The summed E-state index contributed by atoms with van der Waals surface area (Å²) in [6, 6.07) is 7.80. The van der Waals surface area contributed by atoms with Gasteiger partial charge in [0.05, 0.1) is 24.7 Å². The molecule has 4 nitrogen and oxygen atoms in total. The van der Waals surface area contributed by atoms with E-state index in [4.69, 9.17) is 10.8 Å². The molecule has 0 radical (unpaired) electrons. The second-order valence-corrected chi connectivity index (χ2v) is 4.57. The highest BCUT2D eigenvalue weighted by Crippen LogP contribution is 2.22. The third-order valence-corrected chi connectivity index (χ3v) is 3.26. The van der Waals surface area contributed by atoms with Crippen molar-refractivity contribution in [2.45, 2.75) is 17.3 Å². The Morgan fingerprint density at radius 1 is 1.12 bits per heavy atom. The van der Waals surface area contributed by atoms with Gasteiger partial charge in [0.1, 0.15) is 5.82 Å². The summed E-state index contributed by atoms with van der Waals surface area (Å²) in [7, 11) is 0. The maximum absolute atomic E-state index is 8.93. The van der Waals surface area contributed by atoms with Crippen molar-refractivity contribution in [2.75, 3.05) is 5.73 Å². The zero-order valence-electron chi connectivity index (χ0n) is 9.21. The summed E-state index contributed by atoms with van der Waals surface area (Å²) >= 11 is 1.67. The number of anilines is 1. The van der Waals surface area contributed by atoms with Crippen LogP contribution >= 0.6 is 11.8 Å². The predicted octanol–water partition coefficient (Wildman–Crippen LogP) is 1.84. The van der Waals surface area contributed by atoms with Crippen LogP contribution in [0, 0.1) is 0 Å². The number of benzene rings is 1. The Morgan fingerprint density at radius 2 is 1.88 bits per heavy atom. The molecule has 1 aromatic carbocycles. The topological polar surface area (TPSA) is 72.0 Å². The molecule has 0 aliphatic rings. The van der Waals surface area contributed by atoms with Crippen molar-refractivity contribution in [3.05, 3.63) is 47.9 Å². The smallest absolute Gasteiger partial charge is 0.141 e. The van der Waals surface area contributed by atoms with Gasteiger partial charge in [0.15, 0.2) is 0 Å².